The number of esters is 1. The third kappa shape index (κ3) is 3.14. The Morgan fingerprint density at radius 3 is 2.65 bits per heavy atom. The Morgan fingerprint density at radius 1 is 1.12 bits per heavy atom. The van der Waals surface area contributed by atoms with Crippen LogP contribution in [0.25, 0.3) is 6.08 Å². The molecule has 130 valence electrons. The first-order chi connectivity index (χ1) is 12.6. The summed E-state index contributed by atoms with van der Waals surface area (Å²) in [5.74, 6) is 0.785. The van der Waals surface area contributed by atoms with Crippen molar-refractivity contribution in [3.8, 4) is 11.5 Å². The Labute approximate surface area is 148 Å². The number of rotatable bonds is 3. The fourth-order valence-corrected chi connectivity index (χ4v) is 2.59. The van der Waals surface area contributed by atoms with Gasteiger partial charge in [-0.15, -0.1) is 0 Å². The number of nitrogens with zero attached hydrogens (tertiary/aromatic N) is 1. The van der Waals surface area contributed by atoms with E-state index in [4.69, 9.17) is 14.2 Å². The predicted octanol–water partition coefficient (Wildman–Crippen LogP) is 2.72. The largest absolute Gasteiger partial charge is 0.454 e. The van der Waals surface area contributed by atoms with Gasteiger partial charge in [-0.3, -0.25) is 4.79 Å². The number of hydrogen-bond donors (Lipinski definition) is 1. The average Bonchev–Trinajstić information content (AvgIpc) is 3.22. The first-order valence-electron chi connectivity index (χ1n) is 7.89. The second kappa shape index (κ2) is 6.36. The lowest BCUT2D eigenvalue weighted by Crippen LogP contribution is -2.05. The minimum Gasteiger partial charge on any atom is -0.454 e. The molecule has 2 heterocycles. The van der Waals surface area contributed by atoms with Gasteiger partial charge in [-0.2, -0.15) is 0 Å². The van der Waals surface area contributed by atoms with E-state index in [1.165, 1.54) is 6.92 Å². The first-order valence-corrected chi connectivity index (χ1v) is 7.89. The molecule has 0 spiro atoms. The van der Waals surface area contributed by atoms with Crippen molar-refractivity contribution in [3.05, 3.63) is 59.3 Å². The lowest BCUT2D eigenvalue weighted by Gasteiger charge is -2.01. The molecule has 0 saturated heterocycles. The summed E-state index contributed by atoms with van der Waals surface area (Å²) in [7, 11) is 0. The number of amides is 1. The molecule has 0 aromatic heterocycles. The Hall–Kier alpha value is -3.61. The fraction of sp³-hybridized carbons (Fsp3) is 0.105. The molecule has 0 unspecified atom stereocenters. The zero-order valence-electron chi connectivity index (χ0n) is 13.8. The van der Waals surface area contributed by atoms with Crippen molar-refractivity contribution in [1.82, 2.24) is 0 Å². The number of carbonyl (C=O) groups is 2. The number of nitrogens with one attached hydrogen (secondary N) is 1. The van der Waals surface area contributed by atoms with E-state index in [0.717, 1.165) is 5.56 Å². The van der Waals surface area contributed by atoms with Crippen molar-refractivity contribution in [2.24, 2.45) is 4.99 Å². The maximum absolute atomic E-state index is 12.1. The second-order valence-corrected chi connectivity index (χ2v) is 5.71. The molecule has 7 heteroatoms. The normalized spacial score (nSPS) is 16.4. The average molecular weight is 350 g/mol. The van der Waals surface area contributed by atoms with Gasteiger partial charge in [0.05, 0.1) is 0 Å². The van der Waals surface area contributed by atoms with Crippen LogP contribution in [0.3, 0.4) is 0 Å². The molecule has 0 radical (unpaired) electrons. The quantitative estimate of drug-likeness (QED) is 0.679. The van der Waals surface area contributed by atoms with Gasteiger partial charge < -0.3 is 19.5 Å². The molecule has 4 rings (SSSR count). The molecule has 1 N–H and O–H groups in total. The summed E-state index contributed by atoms with van der Waals surface area (Å²) in [5.41, 5.74) is 2.27. The van der Waals surface area contributed by atoms with Gasteiger partial charge in [0.2, 0.25) is 18.6 Å². The molecule has 2 aliphatic heterocycles. The maximum atomic E-state index is 12.1. The lowest BCUT2D eigenvalue weighted by molar-refractivity contribution is -0.129. The third-order valence-corrected chi connectivity index (χ3v) is 3.77. The van der Waals surface area contributed by atoms with E-state index < -0.39 is 5.97 Å². The molecule has 0 bridgehead atoms. The molecule has 0 fully saturated rings. The van der Waals surface area contributed by atoms with Crippen molar-refractivity contribution in [3.63, 3.8) is 0 Å². The topological polar surface area (TPSA) is 86.2 Å². The number of hydrogen-bond acceptors (Lipinski definition) is 6. The molecular formula is C19H14N2O5. The first kappa shape index (κ1) is 15.9. The minimum atomic E-state index is -0.524. The van der Waals surface area contributed by atoms with Gasteiger partial charge in [0, 0.05) is 18.2 Å². The molecule has 1 amide bonds. The fourth-order valence-electron chi connectivity index (χ4n) is 2.59. The number of cyclic esters (lactones) is 1. The van der Waals surface area contributed by atoms with Gasteiger partial charge in [-0.05, 0) is 42.0 Å². The molecule has 2 aromatic rings. The Balaban J connectivity index is 1.58. The molecule has 2 aromatic carbocycles. The van der Waals surface area contributed by atoms with Crippen LogP contribution in [0.2, 0.25) is 0 Å². The van der Waals surface area contributed by atoms with Crippen molar-refractivity contribution >= 4 is 29.5 Å². The molecule has 0 aliphatic carbocycles. The smallest absolute Gasteiger partial charge is 0.363 e. The number of ether oxygens (including phenoxy) is 3. The highest BCUT2D eigenvalue weighted by Crippen LogP contribution is 2.33. The van der Waals surface area contributed by atoms with Crippen LogP contribution in [0, 0.1) is 0 Å². The summed E-state index contributed by atoms with van der Waals surface area (Å²) >= 11 is 0. The SMILES string of the molecule is CC(=O)Nc1ccc(/C=C2\N=C(c3ccc4c(c3)OCO4)OC2=O)cc1. The summed E-state index contributed by atoms with van der Waals surface area (Å²) in [6, 6.07) is 12.3. The summed E-state index contributed by atoms with van der Waals surface area (Å²) in [6.07, 6.45) is 1.62. The summed E-state index contributed by atoms with van der Waals surface area (Å²) in [6.45, 7) is 1.61. The van der Waals surface area contributed by atoms with Crippen molar-refractivity contribution in [2.45, 2.75) is 6.92 Å². The van der Waals surface area contributed by atoms with Gasteiger partial charge in [-0.25, -0.2) is 9.79 Å². The number of anilines is 1. The van der Waals surface area contributed by atoms with Crippen LogP contribution in [-0.4, -0.2) is 24.6 Å². The second-order valence-electron chi connectivity index (χ2n) is 5.71. The van der Waals surface area contributed by atoms with E-state index in [1.807, 2.05) is 0 Å². The molecule has 2 aliphatic rings. The number of aliphatic imine (C=N–C) groups is 1. The van der Waals surface area contributed by atoms with Crippen molar-refractivity contribution in [1.29, 1.82) is 0 Å². The summed E-state index contributed by atoms with van der Waals surface area (Å²) < 4.78 is 15.8. The highest BCUT2D eigenvalue weighted by molar-refractivity contribution is 6.13. The monoisotopic (exact) mass is 350 g/mol. The Kier molecular flexibility index (Phi) is 3.89. The van der Waals surface area contributed by atoms with E-state index in [0.29, 0.717) is 22.7 Å². The van der Waals surface area contributed by atoms with Gasteiger partial charge in [0.1, 0.15) is 0 Å². The van der Waals surface area contributed by atoms with Crippen LogP contribution in [0.15, 0.2) is 53.2 Å². The minimum absolute atomic E-state index is 0.145. The summed E-state index contributed by atoms with van der Waals surface area (Å²) in [5, 5.41) is 2.68. The van der Waals surface area contributed by atoms with E-state index in [-0.39, 0.29) is 24.3 Å². The number of fused-ring (bicyclic) bond motifs is 1. The van der Waals surface area contributed by atoms with E-state index in [2.05, 4.69) is 10.3 Å². The Bertz CT molecular complexity index is 960. The maximum Gasteiger partial charge on any atom is 0.363 e. The molecular weight excluding hydrogens is 336 g/mol. The van der Waals surface area contributed by atoms with Gasteiger partial charge in [-0.1, -0.05) is 12.1 Å². The van der Waals surface area contributed by atoms with Crippen LogP contribution in [-0.2, 0) is 14.3 Å². The van der Waals surface area contributed by atoms with Gasteiger partial charge >= 0.3 is 5.97 Å². The van der Waals surface area contributed by atoms with Crippen LogP contribution in [0.5, 0.6) is 11.5 Å². The highest BCUT2D eigenvalue weighted by Gasteiger charge is 2.25. The van der Waals surface area contributed by atoms with E-state index in [9.17, 15) is 9.59 Å². The Morgan fingerprint density at radius 2 is 1.88 bits per heavy atom. The predicted molar refractivity (Wildman–Crippen MR) is 93.9 cm³/mol. The van der Waals surface area contributed by atoms with Crippen LogP contribution >= 0.6 is 0 Å². The van der Waals surface area contributed by atoms with Gasteiger partial charge in [0.15, 0.2) is 17.2 Å². The zero-order chi connectivity index (χ0) is 18.1. The zero-order valence-corrected chi connectivity index (χ0v) is 13.8. The van der Waals surface area contributed by atoms with Crippen molar-refractivity contribution < 1.29 is 23.8 Å². The molecule has 0 atom stereocenters. The van der Waals surface area contributed by atoms with E-state index >= 15 is 0 Å². The van der Waals surface area contributed by atoms with Crippen LogP contribution in [0.1, 0.15) is 18.1 Å². The van der Waals surface area contributed by atoms with Crippen molar-refractivity contribution in [2.75, 3.05) is 12.1 Å². The highest BCUT2D eigenvalue weighted by atomic mass is 16.7. The molecule has 7 nitrogen and oxygen atoms in total. The standard InChI is InChI=1S/C19H14N2O5/c1-11(22)20-14-5-2-12(3-6-14)8-15-19(23)26-18(21-15)13-4-7-16-17(9-13)25-10-24-16/h2-9H,10H2,1H3,(H,20,22)/b15-8-. The number of carbonyl (C=O) groups excluding carboxylic acids is 2. The lowest BCUT2D eigenvalue weighted by atomic mass is 10.1. The van der Waals surface area contributed by atoms with Crippen LogP contribution in [0.4, 0.5) is 5.69 Å². The van der Waals surface area contributed by atoms with E-state index in [1.54, 1.807) is 48.5 Å². The van der Waals surface area contributed by atoms with Gasteiger partial charge in [0.25, 0.3) is 0 Å². The number of benzene rings is 2. The summed E-state index contributed by atoms with van der Waals surface area (Å²) in [4.78, 5) is 27.4. The van der Waals surface area contributed by atoms with Crippen LogP contribution < -0.4 is 14.8 Å². The molecule has 0 saturated carbocycles. The molecule has 26 heavy (non-hydrogen) atoms. The third-order valence-electron chi connectivity index (χ3n) is 3.77.